The summed E-state index contributed by atoms with van der Waals surface area (Å²) in [5.41, 5.74) is 5.56. The van der Waals surface area contributed by atoms with E-state index in [0.717, 1.165) is 19.3 Å². The van der Waals surface area contributed by atoms with Gasteiger partial charge in [0.2, 0.25) is 0 Å². The molecule has 1 saturated carbocycles. The van der Waals surface area contributed by atoms with Gasteiger partial charge in [0.25, 0.3) is 0 Å². The van der Waals surface area contributed by atoms with Gasteiger partial charge in [-0.05, 0) is 26.2 Å². The molecule has 0 saturated heterocycles. The smallest absolute Gasteiger partial charge is 0.323 e. The molecule has 1 atom stereocenters. The minimum absolute atomic E-state index is 0.161. The van der Waals surface area contributed by atoms with E-state index in [1.165, 1.54) is 0 Å². The van der Waals surface area contributed by atoms with Crippen LogP contribution in [0.2, 0.25) is 0 Å². The van der Waals surface area contributed by atoms with E-state index in [4.69, 9.17) is 15.2 Å². The number of methoxy groups -OCH3 is 1. The zero-order chi connectivity index (χ0) is 10.6. The first kappa shape index (κ1) is 11.5. The molecule has 0 heterocycles. The Bertz CT molecular complexity index is 196. The van der Waals surface area contributed by atoms with Crippen LogP contribution in [0.25, 0.3) is 0 Å². The molecule has 0 unspecified atom stereocenters. The Labute approximate surface area is 84.7 Å². The summed E-state index contributed by atoms with van der Waals surface area (Å²) in [6.45, 7) is 2.16. The van der Waals surface area contributed by atoms with Gasteiger partial charge in [-0.1, -0.05) is 0 Å². The number of carbonyl (C=O) groups excluding carboxylic acids is 1. The molecule has 0 amide bonds. The van der Waals surface area contributed by atoms with E-state index in [0.29, 0.717) is 13.0 Å². The fourth-order valence-corrected chi connectivity index (χ4v) is 1.80. The van der Waals surface area contributed by atoms with E-state index in [1.807, 2.05) is 0 Å². The summed E-state index contributed by atoms with van der Waals surface area (Å²) in [6.07, 6.45) is 3.72. The third-order valence-corrected chi connectivity index (χ3v) is 2.88. The average molecular weight is 201 g/mol. The maximum absolute atomic E-state index is 11.3. The third-order valence-electron chi connectivity index (χ3n) is 2.88. The van der Waals surface area contributed by atoms with Crippen LogP contribution in [0.4, 0.5) is 0 Å². The second-order valence-corrected chi connectivity index (χ2v) is 3.80. The molecule has 0 aliphatic heterocycles. The molecule has 1 aliphatic rings. The van der Waals surface area contributed by atoms with Gasteiger partial charge in [-0.3, -0.25) is 4.79 Å². The molecule has 82 valence electrons. The molecular formula is C10H19NO3. The number of nitrogens with two attached hydrogens (primary N) is 1. The molecule has 4 heteroatoms. The van der Waals surface area contributed by atoms with Crippen LogP contribution in [-0.4, -0.2) is 31.3 Å². The highest BCUT2D eigenvalue weighted by Gasteiger charge is 2.40. The molecule has 1 rings (SSSR count). The lowest BCUT2D eigenvalue weighted by Gasteiger charge is -2.41. The number of hydrogen-bond donors (Lipinski definition) is 1. The fourth-order valence-electron chi connectivity index (χ4n) is 1.80. The Morgan fingerprint density at radius 2 is 2.21 bits per heavy atom. The van der Waals surface area contributed by atoms with Gasteiger partial charge in [0.15, 0.2) is 0 Å². The third kappa shape index (κ3) is 2.45. The van der Waals surface area contributed by atoms with Crippen molar-refractivity contribution in [1.29, 1.82) is 0 Å². The van der Waals surface area contributed by atoms with Crippen LogP contribution in [0, 0.1) is 0 Å². The zero-order valence-corrected chi connectivity index (χ0v) is 8.91. The van der Waals surface area contributed by atoms with Gasteiger partial charge in [0, 0.05) is 13.5 Å². The Hall–Kier alpha value is -0.610. The summed E-state index contributed by atoms with van der Waals surface area (Å²) >= 11 is 0. The molecule has 1 fully saturated rings. The van der Waals surface area contributed by atoms with E-state index in [9.17, 15) is 4.79 Å². The summed E-state index contributed by atoms with van der Waals surface area (Å²) in [6, 6.07) is -0.546. The van der Waals surface area contributed by atoms with Crippen LogP contribution < -0.4 is 5.73 Å². The molecule has 14 heavy (non-hydrogen) atoms. The van der Waals surface area contributed by atoms with Gasteiger partial charge in [-0.25, -0.2) is 0 Å². The first-order valence-corrected chi connectivity index (χ1v) is 5.11. The lowest BCUT2D eigenvalue weighted by molar-refractivity contribution is -0.149. The lowest BCUT2D eigenvalue weighted by Crippen LogP contribution is -2.47. The van der Waals surface area contributed by atoms with Crippen LogP contribution in [-0.2, 0) is 14.3 Å². The minimum atomic E-state index is -0.546. The predicted octanol–water partition coefficient (Wildman–Crippen LogP) is 0.836. The van der Waals surface area contributed by atoms with Crippen LogP contribution in [0.5, 0.6) is 0 Å². The molecule has 0 bridgehead atoms. The number of ether oxygens (including phenoxy) is 2. The van der Waals surface area contributed by atoms with Crippen molar-refractivity contribution < 1.29 is 14.3 Å². The molecule has 0 aromatic heterocycles. The maximum atomic E-state index is 11.3. The maximum Gasteiger partial charge on any atom is 0.323 e. The summed E-state index contributed by atoms with van der Waals surface area (Å²) in [5, 5.41) is 0. The molecule has 1 aliphatic carbocycles. The summed E-state index contributed by atoms with van der Waals surface area (Å²) < 4.78 is 10.2. The standard InChI is InChI=1S/C10H19NO3/c1-3-14-9(12)8(11)7-10(13-2)5-4-6-10/h8H,3-7,11H2,1-2H3/t8-/m0/s1. The molecule has 0 aromatic rings. The Morgan fingerprint density at radius 1 is 1.57 bits per heavy atom. The van der Waals surface area contributed by atoms with E-state index in [2.05, 4.69) is 0 Å². The van der Waals surface area contributed by atoms with Crippen molar-refractivity contribution in [3.05, 3.63) is 0 Å². The van der Waals surface area contributed by atoms with Gasteiger partial charge in [0.1, 0.15) is 6.04 Å². The van der Waals surface area contributed by atoms with Crippen molar-refractivity contribution in [2.24, 2.45) is 5.73 Å². The van der Waals surface area contributed by atoms with Crippen LogP contribution in [0.15, 0.2) is 0 Å². The molecular weight excluding hydrogens is 182 g/mol. The van der Waals surface area contributed by atoms with E-state index in [1.54, 1.807) is 14.0 Å². The fraction of sp³-hybridized carbons (Fsp3) is 0.900. The SMILES string of the molecule is CCOC(=O)[C@@H](N)CC1(OC)CCC1. The number of rotatable bonds is 5. The normalized spacial score (nSPS) is 21.1. The zero-order valence-electron chi connectivity index (χ0n) is 8.91. The van der Waals surface area contributed by atoms with Crippen molar-refractivity contribution in [2.75, 3.05) is 13.7 Å². The average Bonchev–Trinajstić information content (AvgIpc) is 2.11. The monoisotopic (exact) mass is 201 g/mol. The number of hydrogen-bond acceptors (Lipinski definition) is 4. The predicted molar refractivity (Wildman–Crippen MR) is 52.8 cm³/mol. The first-order valence-electron chi connectivity index (χ1n) is 5.11. The first-order chi connectivity index (χ1) is 6.63. The number of esters is 1. The van der Waals surface area contributed by atoms with E-state index < -0.39 is 6.04 Å². The van der Waals surface area contributed by atoms with Crippen molar-refractivity contribution in [1.82, 2.24) is 0 Å². The Balaban J connectivity index is 2.38. The lowest BCUT2D eigenvalue weighted by atomic mass is 9.76. The topological polar surface area (TPSA) is 61.5 Å². The van der Waals surface area contributed by atoms with Crippen molar-refractivity contribution >= 4 is 5.97 Å². The molecule has 0 aromatic carbocycles. The van der Waals surface area contributed by atoms with Crippen molar-refractivity contribution in [2.45, 2.75) is 44.2 Å². The minimum Gasteiger partial charge on any atom is -0.465 e. The molecule has 0 radical (unpaired) electrons. The second-order valence-electron chi connectivity index (χ2n) is 3.80. The van der Waals surface area contributed by atoms with Crippen LogP contribution in [0.3, 0.4) is 0 Å². The van der Waals surface area contributed by atoms with E-state index >= 15 is 0 Å². The highest BCUT2D eigenvalue weighted by Crippen LogP contribution is 2.38. The second kappa shape index (κ2) is 4.75. The summed E-state index contributed by atoms with van der Waals surface area (Å²) in [7, 11) is 1.68. The highest BCUT2D eigenvalue weighted by molar-refractivity contribution is 5.75. The summed E-state index contributed by atoms with van der Waals surface area (Å²) in [5.74, 6) is -0.323. The highest BCUT2D eigenvalue weighted by atomic mass is 16.5. The van der Waals surface area contributed by atoms with Crippen LogP contribution in [0.1, 0.15) is 32.6 Å². The van der Waals surface area contributed by atoms with Gasteiger partial charge in [-0.2, -0.15) is 0 Å². The van der Waals surface area contributed by atoms with Gasteiger partial charge < -0.3 is 15.2 Å². The quantitative estimate of drug-likeness (QED) is 0.669. The van der Waals surface area contributed by atoms with Gasteiger partial charge in [-0.15, -0.1) is 0 Å². The van der Waals surface area contributed by atoms with E-state index in [-0.39, 0.29) is 11.6 Å². The Kier molecular flexibility index (Phi) is 3.89. The largest absolute Gasteiger partial charge is 0.465 e. The Morgan fingerprint density at radius 3 is 2.57 bits per heavy atom. The molecule has 4 nitrogen and oxygen atoms in total. The number of carbonyl (C=O) groups is 1. The van der Waals surface area contributed by atoms with Gasteiger partial charge >= 0.3 is 5.97 Å². The van der Waals surface area contributed by atoms with Crippen molar-refractivity contribution in [3.63, 3.8) is 0 Å². The van der Waals surface area contributed by atoms with Crippen molar-refractivity contribution in [3.8, 4) is 0 Å². The van der Waals surface area contributed by atoms with Gasteiger partial charge in [0.05, 0.1) is 12.2 Å². The molecule has 2 N–H and O–H groups in total. The van der Waals surface area contributed by atoms with Crippen LogP contribution >= 0.6 is 0 Å². The molecule has 0 spiro atoms. The summed E-state index contributed by atoms with van der Waals surface area (Å²) in [4.78, 5) is 11.3.